The van der Waals surface area contributed by atoms with Crippen LogP contribution in [0.4, 0.5) is 11.4 Å². The highest BCUT2D eigenvalue weighted by molar-refractivity contribution is 7.89. The van der Waals surface area contributed by atoms with E-state index in [0.29, 0.717) is 18.8 Å². The third-order valence-electron chi connectivity index (χ3n) is 6.27. The number of anilines is 2. The highest BCUT2D eigenvalue weighted by Gasteiger charge is 2.25. The van der Waals surface area contributed by atoms with Gasteiger partial charge in [0.15, 0.2) is 0 Å². The van der Waals surface area contributed by atoms with Crippen molar-refractivity contribution < 1.29 is 17.9 Å². The predicted molar refractivity (Wildman–Crippen MR) is 136 cm³/mol. The first-order valence-corrected chi connectivity index (χ1v) is 13.3. The fourth-order valence-electron chi connectivity index (χ4n) is 4.19. The fraction of sp³-hybridized carbons (Fsp3) is 0.480. The van der Waals surface area contributed by atoms with Crippen molar-refractivity contribution in [3.8, 4) is 5.75 Å². The molecule has 9 heteroatoms. The zero-order valence-corrected chi connectivity index (χ0v) is 21.4. The molecule has 1 N–H and O–H groups in total. The quantitative estimate of drug-likeness (QED) is 0.554. The van der Waals surface area contributed by atoms with Gasteiger partial charge in [0.2, 0.25) is 15.9 Å². The summed E-state index contributed by atoms with van der Waals surface area (Å²) < 4.78 is 32.9. The van der Waals surface area contributed by atoms with E-state index in [-0.39, 0.29) is 17.2 Å². The van der Waals surface area contributed by atoms with Gasteiger partial charge in [-0.15, -0.1) is 0 Å². The Labute approximate surface area is 203 Å². The van der Waals surface area contributed by atoms with Gasteiger partial charge in [-0.1, -0.05) is 32.9 Å². The maximum atomic E-state index is 13.1. The molecule has 1 fully saturated rings. The number of ether oxygens (including phenoxy) is 1. The molecule has 2 aromatic rings. The molecule has 3 rings (SSSR count). The number of piperazine rings is 1. The number of hydrogen-bond donors (Lipinski definition) is 1. The number of benzene rings is 2. The summed E-state index contributed by atoms with van der Waals surface area (Å²) in [6.07, 6.45) is 0.181. The first kappa shape index (κ1) is 26.0. The van der Waals surface area contributed by atoms with Gasteiger partial charge in [0.05, 0.1) is 29.8 Å². The van der Waals surface area contributed by atoms with Gasteiger partial charge >= 0.3 is 0 Å². The van der Waals surface area contributed by atoms with E-state index < -0.39 is 10.0 Å². The standard InChI is InChI=1S/C25H36N4O4S/c1-5-27-14-16-28(17-15-27)24-13-12-22(34(31,32)29(6-2)7-3)19-23(24)26-25(30)18-20-8-10-21(33-4)11-9-20/h8-13,19H,5-7,14-18H2,1-4H3,(H,26,30). The Bertz CT molecular complexity index is 1060. The molecule has 0 spiro atoms. The Hall–Kier alpha value is -2.62. The summed E-state index contributed by atoms with van der Waals surface area (Å²) in [4.78, 5) is 17.7. The first-order chi connectivity index (χ1) is 16.3. The van der Waals surface area contributed by atoms with Crippen LogP contribution in [0.5, 0.6) is 5.75 Å². The minimum atomic E-state index is -3.64. The minimum Gasteiger partial charge on any atom is -0.497 e. The van der Waals surface area contributed by atoms with Crippen LogP contribution in [0.2, 0.25) is 0 Å². The van der Waals surface area contributed by atoms with Crippen LogP contribution in [-0.4, -0.2) is 76.5 Å². The molecule has 0 saturated carbocycles. The van der Waals surface area contributed by atoms with Gasteiger partial charge in [-0.25, -0.2) is 8.42 Å². The molecule has 0 unspecified atom stereocenters. The minimum absolute atomic E-state index is 0.181. The molecule has 0 atom stereocenters. The van der Waals surface area contributed by atoms with Crippen LogP contribution in [0.25, 0.3) is 0 Å². The second kappa shape index (κ2) is 11.7. The summed E-state index contributed by atoms with van der Waals surface area (Å²) in [5.41, 5.74) is 2.22. The smallest absolute Gasteiger partial charge is 0.243 e. The van der Waals surface area contributed by atoms with Crippen molar-refractivity contribution in [2.24, 2.45) is 0 Å². The maximum Gasteiger partial charge on any atom is 0.243 e. The van der Waals surface area contributed by atoms with E-state index in [2.05, 4.69) is 22.0 Å². The number of methoxy groups -OCH3 is 1. The van der Waals surface area contributed by atoms with E-state index in [0.717, 1.165) is 49.7 Å². The third kappa shape index (κ3) is 6.08. The topological polar surface area (TPSA) is 82.2 Å². The summed E-state index contributed by atoms with van der Waals surface area (Å²) in [6, 6.07) is 12.4. The van der Waals surface area contributed by atoms with Gasteiger partial charge in [-0.3, -0.25) is 4.79 Å². The maximum absolute atomic E-state index is 13.1. The summed E-state index contributed by atoms with van der Waals surface area (Å²) in [7, 11) is -2.04. The lowest BCUT2D eigenvalue weighted by Gasteiger charge is -2.36. The van der Waals surface area contributed by atoms with Crippen LogP contribution in [0.3, 0.4) is 0 Å². The molecule has 0 radical (unpaired) electrons. The van der Waals surface area contributed by atoms with Crippen molar-refractivity contribution in [1.29, 1.82) is 0 Å². The van der Waals surface area contributed by atoms with E-state index in [4.69, 9.17) is 4.74 Å². The Balaban J connectivity index is 1.89. The van der Waals surface area contributed by atoms with E-state index in [1.165, 1.54) is 4.31 Å². The number of nitrogens with zero attached hydrogens (tertiary/aromatic N) is 3. The Morgan fingerprint density at radius 1 is 1.00 bits per heavy atom. The van der Waals surface area contributed by atoms with Gasteiger partial charge < -0.3 is 19.9 Å². The SMILES string of the molecule is CCN1CCN(c2ccc(S(=O)(=O)N(CC)CC)cc2NC(=O)Cc2ccc(OC)cc2)CC1. The molecule has 1 aliphatic rings. The third-order valence-corrected chi connectivity index (χ3v) is 8.32. The van der Waals surface area contributed by atoms with Crippen LogP contribution in [0.1, 0.15) is 26.3 Å². The summed E-state index contributed by atoms with van der Waals surface area (Å²) in [5.74, 6) is 0.531. The summed E-state index contributed by atoms with van der Waals surface area (Å²) in [6.45, 7) is 11.0. The molecule has 186 valence electrons. The van der Waals surface area contributed by atoms with Crippen LogP contribution in [-0.2, 0) is 21.2 Å². The van der Waals surface area contributed by atoms with Crippen molar-refractivity contribution in [3.05, 3.63) is 48.0 Å². The summed E-state index contributed by atoms with van der Waals surface area (Å²) >= 11 is 0. The molecule has 0 aromatic heterocycles. The molecule has 8 nitrogen and oxygen atoms in total. The Kier molecular flexibility index (Phi) is 8.93. The molecule has 0 aliphatic carbocycles. The lowest BCUT2D eigenvalue weighted by Crippen LogP contribution is -2.46. The molecular weight excluding hydrogens is 452 g/mol. The van der Waals surface area contributed by atoms with Crippen molar-refractivity contribution in [1.82, 2.24) is 9.21 Å². The largest absolute Gasteiger partial charge is 0.497 e. The number of nitrogens with one attached hydrogen (secondary N) is 1. The number of rotatable bonds is 10. The highest BCUT2D eigenvalue weighted by Crippen LogP contribution is 2.31. The van der Waals surface area contributed by atoms with E-state index >= 15 is 0 Å². The lowest BCUT2D eigenvalue weighted by atomic mass is 10.1. The van der Waals surface area contributed by atoms with Gasteiger partial charge in [0.1, 0.15) is 5.75 Å². The Morgan fingerprint density at radius 3 is 2.21 bits per heavy atom. The van der Waals surface area contributed by atoms with Gasteiger partial charge in [-0.2, -0.15) is 4.31 Å². The van der Waals surface area contributed by atoms with Gasteiger partial charge in [0.25, 0.3) is 0 Å². The van der Waals surface area contributed by atoms with E-state index in [1.807, 2.05) is 44.2 Å². The summed E-state index contributed by atoms with van der Waals surface area (Å²) in [5, 5.41) is 2.99. The molecule has 0 bridgehead atoms. The second-order valence-electron chi connectivity index (χ2n) is 8.26. The van der Waals surface area contributed by atoms with Crippen molar-refractivity contribution in [2.75, 3.05) is 63.1 Å². The lowest BCUT2D eigenvalue weighted by molar-refractivity contribution is -0.115. The highest BCUT2D eigenvalue weighted by atomic mass is 32.2. The zero-order valence-electron chi connectivity index (χ0n) is 20.6. The first-order valence-electron chi connectivity index (χ1n) is 11.9. The monoisotopic (exact) mass is 488 g/mol. The molecule has 1 amide bonds. The Morgan fingerprint density at radius 2 is 1.65 bits per heavy atom. The van der Waals surface area contributed by atoms with E-state index in [1.54, 1.807) is 19.2 Å². The van der Waals surface area contributed by atoms with Crippen molar-refractivity contribution >= 4 is 27.3 Å². The zero-order chi connectivity index (χ0) is 24.7. The molecular formula is C25H36N4O4S. The molecule has 1 heterocycles. The molecule has 1 aliphatic heterocycles. The average molecular weight is 489 g/mol. The average Bonchev–Trinajstić information content (AvgIpc) is 2.85. The van der Waals surface area contributed by atoms with Crippen molar-refractivity contribution in [3.63, 3.8) is 0 Å². The van der Waals surface area contributed by atoms with Crippen molar-refractivity contribution in [2.45, 2.75) is 32.1 Å². The normalized spacial score (nSPS) is 14.9. The second-order valence-corrected chi connectivity index (χ2v) is 10.2. The van der Waals surface area contributed by atoms with Crippen LogP contribution < -0.4 is 15.0 Å². The number of carbonyl (C=O) groups excluding carboxylic acids is 1. The number of carbonyl (C=O) groups is 1. The van der Waals surface area contributed by atoms with Crippen LogP contribution >= 0.6 is 0 Å². The predicted octanol–water partition coefficient (Wildman–Crippen LogP) is 3.05. The molecule has 2 aromatic carbocycles. The molecule has 34 heavy (non-hydrogen) atoms. The van der Waals surface area contributed by atoms with Crippen LogP contribution in [0.15, 0.2) is 47.4 Å². The number of hydrogen-bond acceptors (Lipinski definition) is 6. The number of likely N-dealkylation sites (N-methyl/N-ethyl adjacent to an activating group) is 1. The van der Waals surface area contributed by atoms with Gasteiger partial charge in [-0.05, 0) is 42.4 Å². The van der Waals surface area contributed by atoms with Gasteiger partial charge in [0, 0.05) is 39.3 Å². The molecule has 1 saturated heterocycles. The fourth-order valence-corrected chi connectivity index (χ4v) is 5.68. The number of sulfonamides is 1. The number of amides is 1. The van der Waals surface area contributed by atoms with E-state index in [9.17, 15) is 13.2 Å². The van der Waals surface area contributed by atoms with Crippen LogP contribution in [0, 0.1) is 0 Å².